The van der Waals surface area contributed by atoms with Crippen LogP contribution >= 0.6 is 0 Å². The van der Waals surface area contributed by atoms with Gasteiger partial charge >= 0.3 is 0 Å². The number of hydrogen-bond acceptors (Lipinski definition) is 6. The molecule has 2 rings (SSSR count). The second kappa shape index (κ2) is 9.52. The first-order valence-corrected chi connectivity index (χ1v) is 9.36. The van der Waals surface area contributed by atoms with Crippen LogP contribution in [-0.4, -0.2) is 39.3 Å². The van der Waals surface area contributed by atoms with E-state index in [2.05, 4.69) is 5.32 Å². The second-order valence-corrected chi connectivity index (χ2v) is 7.51. The van der Waals surface area contributed by atoms with Crippen LogP contribution in [0, 0.1) is 0 Å². The fraction of sp³-hybridized carbons (Fsp3) is 0.409. The number of nitrogens with two attached hydrogens (primary N) is 1. The summed E-state index contributed by atoms with van der Waals surface area (Å²) in [7, 11) is 4.46. The van der Waals surface area contributed by atoms with Gasteiger partial charge in [0.1, 0.15) is 5.75 Å². The fourth-order valence-corrected chi connectivity index (χ4v) is 2.85. The summed E-state index contributed by atoms with van der Waals surface area (Å²) in [6.45, 7) is 6.28. The van der Waals surface area contributed by atoms with Gasteiger partial charge in [-0.25, -0.2) is 0 Å². The molecule has 29 heavy (non-hydrogen) atoms. The van der Waals surface area contributed by atoms with Gasteiger partial charge in [0.2, 0.25) is 11.5 Å². The van der Waals surface area contributed by atoms with E-state index < -0.39 is 5.54 Å². The van der Waals surface area contributed by atoms with E-state index >= 15 is 0 Å². The number of carbonyl (C=O) groups is 1. The van der Waals surface area contributed by atoms with Gasteiger partial charge in [-0.1, -0.05) is 12.1 Å². The van der Waals surface area contributed by atoms with Crippen molar-refractivity contribution >= 4 is 5.91 Å². The molecule has 7 heteroatoms. The lowest BCUT2D eigenvalue weighted by Crippen LogP contribution is -2.40. The minimum Gasteiger partial charge on any atom is -0.492 e. The predicted molar refractivity (Wildman–Crippen MR) is 113 cm³/mol. The van der Waals surface area contributed by atoms with Crippen LogP contribution in [0.15, 0.2) is 30.3 Å². The van der Waals surface area contributed by atoms with Gasteiger partial charge < -0.3 is 30.0 Å². The summed E-state index contributed by atoms with van der Waals surface area (Å²) in [6, 6.07) is 9.17. The molecule has 0 saturated carbocycles. The minimum atomic E-state index is -0.422. The number of ether oxygens (including phenoxy) is 4. The molecule has 0 aliphatic carbocycles. The van der Waals surface area contributed by atoms with Crippen LogP contribution < -0.4 is 30.0 Å². The molecule has 0 radical (unpaired) electrons. The third-order valence-electron chi connectivity index (χ3n) is 4.09. The maximum absolute atomic E-state index is 12.9. The maximum atomic E-state index is 12.9. The molecule has 0 aliphatic heterocycles. The number of methoxy groups -OCH3 is 3. The van der Waals surface area contributed by atoms with Crippen LogP contribution in [-0.2, 0) is 6.42 Å². The summed E-state index contributed by atoms with van der Waals surface area (Å²) in [5, 5.41) is 2.93. The Hall–Kier alpha value is -2.93. The lowest BCUT2D eigenvalue weighted by molar-refractivity contribution is 0.0915. The summed E-state index contributed by atoms with van der Waals surface area (Å²) in [4.78, 5) is 12.9. The number of hydrogen-bond donors (Lipinski definition) is 2. The Morgan fingerprint density at radius 1 is 0.966 bits per heavy atom. The zero-order valence-corrected chi connectivity index (χ0v) is 17.9. The number of carbonyl (C=O) groups excluding carboxylic acids is 1. The maximum Gasteiger partial charge on any atom is 0.255 e. The molecular weight excluding hydrogens is 372 g/mol. The Balaban J connectivity index is 2.52. The summed E-state index contributed by atoms with van der Waals surface area (Å²) in [5.74, 6) is 1.53. The number of rotatable bonds is 8. The van der Waals surface area contributed by atoms with Crippen molar-refractivity contribution < 1.29 is 23.7 Å². The van der Waals surface area contributed by atoms with Crippen molar-refractivity contribution in [2.24, 2.45) is 5.73 Å². The predicted octanol–water partition coefficient (Wildman–Crippen LogP) is 3.53. The quantitative estimate of drug-likeness (QED) is 0.702. The highest BCUT2D eigenvalue weighted by Gasteiger charge is 2.27. The Bertz CT molecular complexity index is 842. The average Bonchev–Trinajstić information content (AvgIpc) is 2.67. The molecule has 7 nitrogen and oxygen atoms in total. The summed E-state index contributed by atoms with van der Waals surface area (Å²) in [6.07, 6.45) is 0.789. The summed E-state index contributed by atoms with van der Waals surface area (Å²) in [5.41, 5.74) is 6.58. The second-order valence-electron chi connectivity index (χ2n) is 7.51. The van der Waals surface area contributed by atoms with E-state index in [1.165, 1.54) is 21.3 Å². The molecule has 2 aromatic carbocycles. The number of nitrogens with one attached hydrogen (secondary N) is 1. The highest BCUT2D eigenvalue weighted by Crippen LogP contribution is 2.48. The Kier molecular flexibility index (Phi) is 7.34. The van der Waals surface area contributed by atoms with Gasteiger partial charge in [-0.15, -0.1) is 0 Å². The van der Waals surface area contributed by atoms with Crippen LogP contribution in [0.1, 0.15) is 36.7 Å². The molecule has 0 atom stereocenters. The lowest BCUT2D eigenvalue weighted by atomic mass is 10.1. The van der Waals surface area contributed by atoms with E-state index in [9.17, 15) is 4.79 Å². The van der Waals surface area contributed by atoms with Gasteiger partial charge in [0.25, 0.3) is 5.91 Å². The van der Waals surface area contributed by atoms with Crippen molar-refractivity contribution in [2.45, 2.75) is 32.7 Å². The molecule has 0 aliphatic rings. The third-order valence-corrected chi connectivity index (χ3v) is 4.09. The van der Waals surface area contributed by atoms with Crippen LogP contribution in [0.2, 0.25) is 0 Å². The van der Waals surface area contributed by atoms with E-state index in [0.29, 0.717) is 23.8 Å². The summed E-state index contributed by atoms with van der Waals surface area (Å²) < 4.78 is 22.5. The van der Waals surface area contributed by atoms with Gasteiger partial charge in [0, 0.05) is 11.6 Å². The van der Waals surface area contributed by atoms with Gasteiger partial charge in [0.05, 0.1) is 26.9 Å². The zero-order chi connectivity index (χ0) is 21.6. The molecule has 0 fully saturated rings. The van der Waals surface area contributed by atoms with Crippen molar-refractivity contribution in [1.29, 1.82) is 0 Å². The van der Waals surface area contributed by atoms with Crippen molar-refractivity contribution in [3.05, 3.63) is 41.5 Å². The van der Waals surface area contributed by atoms with E-state index in [0.717, 1.165) is 12.0 Å². The van der Waals surface area contributed by atoms with Crippen molar-refractivity contribution in [2.75, 3.05) is 27.9 Å². The fourth-order valence-electron chi connectivity index (χ4n) is 2.85. The first kappa shape index (κ1) is 22.4. The zero-order valence-electron chi connectivity index (χ0n) is 17.9. The molecule has 0 saturated heterocycles. The lowest BCUT2D eigenvalue weighted by Gasteiger charge is -2.23. The van der Waals surface area contributed by atoms with Gasteiger partial charge in [-0.2, -0.15) is 0 Å². The number of benzene rings is 2. The van der Waals surface area contributed by atoms with E-state index in [1.807, 2.05) is 45.0 Å². The largest absolute Gasteiger partial charge is 0.492 e. The monoisotopic (exact) mass is 402 g/mol. The third kappa shape index (κ3) is 5.54. The normalized spacial score (nSPS) is 11.0. The van der Waals surface area contributed by atoms with Crippen molar-refractivity contribution in [3.8, 4) is 28.7 Å². The van der Waals surface area contributed by atoms with Crippen LogP contribution in [0.4, 0.5) is 0 Å². The molecular formula is C22H30N2O5. The summed E-state index contributed by atoms with van der Waals surface area (Å²) >= 11 is 0. The van der Waals surface area contributed by atoms with Gasteiger partial charge in [-0.05, 0) is 51.4 Å². The van der Waals surface area contributed by atoms with E-state index in [-0.39, 0.29) is 23.0 Å². The van der Waals surface area contributed by atoms with Gasteiger partial charge in [-0.3, -0.25) is 4.79 Å². The Labute approximate surface area is 172 Å². The molecule has 158 valence electrons. The average molecular weight is 402 g/mol. The molecule has 0 bridgehead atoms. The molecule has 0 aromatic heterocycles. The highest BCUT2D eigenvalue weighted by molar-refractivity contribution is 5.99. The molecule has 0 spiro atoms. The van der Waals surface area contributed by atoms with Crippen LogP contribution in [0.5, 0.6) is 28.7 Å². The molecule has 2 aromatic rings. The van der Waals surface area contributed by atoms with E-state index in [1.54, 1.807) is 6.07 Å². The number of amides is 1. The Morgan fingerprint density at radius 3 is 2.03 bits per heavy atom. The van der Waals surface area contributed by atoms with Crippen LogP contribution in [0.3, 0.4) is 0 Å². The van der Waals surface area contributed by atoms with E-state index in [4.69, 9.17) is 24.7 Å². The van der Waals surface area contributed by atoms with Crippen LogP contribution in [0.25, 0.3) is 0 Å². The van der Waals surface area contributed by atoms with Crippen molar-refractivity contribution in [3.63, 3.8) is 0 Å². The molecule has 3 N–H and O–H groups in total. The Morgan fingerprint density at radius 2 is 1.55 bits per heavy atom. The first-order valence-electron chi connectivity index (χ1n) is 9.36. The molecule has 0 unspecified atom stereocenters. The smallest absolute Gasteiger partial charge is 0.255 e. The minimum absolute atomic E-state index is 0.275. The van der Waals surface area contributed by atoms with Gasteiger partial charge in [0.15, 0.2) is 11.5 Å². The SMILES string of the molecule is COc1c(Oc2ccc(CCN)cc2)cc(C(=O)NC(C)(C)C)c(OC)c1OC. The highest BCUT2D eigenvalue weighted by atomic mass is 16.5. The molecule has 1 amide bonds. The molecule has 0 heterocycles. The topological polar surface area (TPSA) is 92.0 Å². The van der Waals surface area contributed by atoms with Crippen molar-refractivity contribution in [1.82, 2.24) is 5.32 Å². The first-order chi connectivity index (χ1) is 13.7. The standard InChI is InChI=1S/C22H30N2O5/c1-22(2,3)24-21(25)16-13-17(19(27-5)20(28-6)18(16)26-4)29-15-9-7-14(8-10-15)11-12-23/h7-10,13H,11-12,23H2,1-6H3,(H,24,25).